The number of hydrogen-bond acceptors (Lipinski definition) is 3. The number of para-hydroxylation sites is 1. The molecule has 140 valence electrons. The zero-order valence-corrected chi connectivity index (χ0v) is 14.6. The molecule has 3 heterocycles. The van der Waals surface area contributed by atoms with E-state index in [0.29, 0.717) is 12.2 Å². The topological polar surface area (TPSA) is 42.7 Å². The van der Waals surface area contributed by atoms with Crippen molar-refractivity contribution in [2.75, 3.05) is 11.9 Å². The van der Waals surface area contributed by atoms with Crippen molar-refractivity contribution < 1.29 is 13.2 Å². The van der Waals surface area contributed by atoms with Gasteiger partial charge in [0.2, 0.25) is 0 Å². The minimum atomic E-state index is -4.44. The number of anilines is 1. The van der Waals surface area contributed by atoms with Crippen LogP contribution >= 0.6 is 0 Å². The van der Waals surface area contributed by atoms with E-state index in [2.05, 4.69) is 15.4 Å². The smallest absolute Gasteiger partial charge is 0.370 e. The summed E-state index contributed by atoms with van der Waals surface area (Å²) in [4.78, 5) is 4.34. The predicted molar refractivity (Wildman–Crippen MR) is 97.0 cm³/mol. The van der Waals surface area contributed by atoms with Gasteiger partial charge in [0.1, 0.15) is 5.82 Å². The van der Waals surface area contributed by atoms with Gasteiger partial charge in [-0.15, -0.1) is 0 Å². The van der Waals surface area contributed by atoms with Crippen molar-refractivity contribution in [3.05, 3.63) is 71.2 Å². The van der Waals surface area contributed by atoms with Gasteiger partial charge in [0.15, 0.2) is 0 Å². The summed E-state index contributed by atoms with van der Waals surface area (Å²) in [6.07, 6.45) is 0.495. The highest BCUT2D eigenvalue weighted by atomic mass is 19.4. The third-order valence-electron chi connectivity index (χ3n) is 4.73. The van der Waals surface area contributed by atoms with Crippen LogP contribution in [0.5, 0.6) is 0 Å². The van der Waals surface area contributed by atoms with E-state index in [4.69, 9.17) is 0 Å². The van der Waals surface area contributed by atoms with E-state index in [1.165, 1.54) is 16.8 Å². The van der Waals surface area contributed by atoms with Crippen LogP contribution in [-0.4, -0.2) is 21.3 Å². The molecule has 4 rings (SSSR count). The zero-order valence-electron chi connectivity index (χ0n) is 14.6. The van der Waals surface area contributed by atoms with Crippen LogP contribution in [0.15, 0.2) is 48.7 Å². The van der Waals surface area contributed by atoms with Gasteiger partial charge < -0.3 is 5.32 Å². The fourth-order valence-electron chi connectivity index (χ4n) is 3.46. The summed E-state index contributed by atoms with van der Waals surface area (Å²) >= 11 is 0. The number of benzene rings is 1. The van der Waals surface area contributed by atoms with Crippen molar-refractivity contribution in [2.45, 2.75) is 31.9 Å². The molecular formula is C20H19F3N4. The molecular weight excluding hydrogens is 353 g/mol. The lowest BCUT2D eigenvalue weighted by molar-refractivity contribution is -0.137. The van der Waals surface area contributed by atoms with Crippen molar-refractivity contribution in [1.82, 2.24) is 14.8 Å². The highest BCUT2D eigenvalue weighted by Gasteiger charge is 2.35. The largest absolute Gasteiger partial charge is 0.418 e. The number of nitrogens with one attached hydrogen (secondary N) is 1. The first kappa shape index (κ1) is 17.6. The summed E-state index contributed by atoms with van der Waals surface area (Å²) in [5.41, 5.74) is 1.96. The lowest BCUT2D eigenvalue weighted by Crippen LogP contribution is -2.14. The minimum absolute atomic E-state index is 0.0444. The first-order chi connectivity index (χ1) is 13.0. The fourth-order valence-corrected chi connectivity index (χ4v) is 3.46. The zero-order chi connectivity index (χ0) is 18.9. The van der Waals surface area contributed by atoms with E-state index in [-0.39, 0.29) is 5.69 Å². The molecule has 1 aliphatic rings. The number of halogens is 3. The summed E-state index contributed by atoms with van der Waals surface area (Å²) in [6.45, 7) is 0.718. The molecule has 1 aliphatic heterocycles. The Labute approximate surface area is 155 Å². The van der Waals surface area contributed by atoms with Crippen LogP contribution in [0.3, 0.4) is 0 Å². The Balaban J connectivity index is 1.85. The van der Waals surface area contributed by atoms with E-state index in [1.807, 2.05) is 18.2 Å². The Bertz CT molecular complexity index is 932. The SMILES string of the molecule is FC(F)(F)c1ccccc1-n1nc(Cc2ccccn2)c2c1NCCCC2. The van der Waals surface area contributed by atoms with Gasteiger partial charge in [0.25, 0.3) is 0 Å². The molecule has 27 heavy (non-hydrogen) atoms. The van der Waals surface area contributed by atoms with Gasteiger partial charge in [-0.3, -0.25) is 4.98 Å². The van der Waals surface area contributed by atoms with Crippen molar-refractivity contribution in [1.29, 1.82) is 0 Å². The van der Waals surface area contributed by atoms with Crippen LogP contribution in [0.2, 0.25) is 0 Å². The van der Waals surface area contributed by atoms with Crippen LogP contribution in [0.4, 0.5) is 19.0 Å². The molecule has 0 amide bonds. The van der Waals surface area contributed by atoms with Gasteiger partial charge in [0, 0.05) is 30.4 Å². The second-order valence-corrected chi connectivity index (χ2v) is 6.58. The highest BCUT2D eigenvalue weighted by Crippen LogP contribution is 2.36. The molecule has 7 heteroatoms. The molecule has 0 saturated carbocycles. The Hall–Kier alpha value is -2.83. The Morgan fingerprint density at radius 2 is 1.85 bits per heavy atom. The molecule has 0 unspecified atom stereocenters. The number of nitrogens with zero attached hydrogens (tertiary/aromatic N) is 3. The number of fused-ring (bicyclic) bond motifs is 1. The number of aromatic nitrogens is 3. The van der Waals surface area contributed by atoms with Gasteiger partial charge >= 0.3 is 6.18 Å². The standard InChI is InChI=1S/C20H19F3N4/c21-20(22,23)16-9-1-2-10-18(16)27-19-15(8-4-6-12-25-19)17(26-27)13-14-7-3-5-11-24-14/h1-3,5,7,9-11,25H,4,6,8,12-13H2. The van der Waals surface area contributed by atoms with Crippen molar-refractivity contribution in [3.63, 3.8) is 0 Å². The molecule has 2 aromatic heterocycles. The molecule has 0 aliphatic carbocycles. The van der Waals surface area contributed by atoms with Crippen LogP contribution in [0.1, 0.15) is 35.4 Å². The minimum Gasteiger partial charge on any atom is -0.370 e. The first-order valence-electron chi connectivity index (χ1n) is 8.95. The number of rotatable bonds is 3. The predicted octanol–water partition coefficient (Wildman–Crippen LogP) is 4.63. The van der Waals surface area contributed by atoms with Crippen LogP contribution in [0.25, 0.3) is 5.69 Å². The average molecular weight is 372 g/mol. The van der Waals surface area contributed by atoms with Crippen molar-refractivity contribution >= 4 is 5.82 Å². The van der Waals surface area contributed by atoms with E-state index < -0.39 is 11.7 Å². The normalized spacial score (nSPS) is 14.3. The summed E-state index contributed by atoms with van der Waals surface area (Å²) < 4.78 is 42.0. The molecule has 0 spiro atoms. The van der Waals surface area contributed by atoms with E-state index in [9.17, 15) is 13.2 Å². The maximum atomic E-state index is 13.5. The molecule has 1 aromatic carbocycles. The summed E-state index contributed by atoms with van der Waals surface area (Å²) in [5, 5.41) is 7.88. The van der Waals surface area contributed by atoms with Crippen LogP contribution in [0, 0.1) is 0 Å². The Morgan fingerprint density at radius 3 is 2.63 bits per heavy atom. The number of alkyl halides is 3. The molecule has 0 atom stereocenters. The Morgan fingerprint density at radius 1 is 1.04 bits per heavy atom. The summed E-state index contributed by atoms with van der Waals surface area (Å²) in [7, 11) is 0. The number of hydrogen-bond donors (Lipinski definition) is 1. The first-order valence-corrected chi connectivity index (χ1v) is 8.95. The highest BCUT2D eigenvalue weighted by molar-refractivity contribution is 5.57. The number of pyridine rings is 1. The van der Waals surface area contributed by atoms with Gasteiger partial charge in [-0.25, -0.2) is 4.68 Å². The third kappa shape index (κ3) is 3.54. The van der Waals surface area contributed by atoms with Crippen molar-refractivity contribution in [2.24, 2.45) is 0 Å². The fraction of sp³-hybridized carbons (Fsp3) is 0.300. The Kier molecular flexibility index (Phi) is 4.59. The molecule has 4 nitrogen and oxygen atoms in total. The van der Waals surface area contributed by atoms with Gasteiger partial charge in [-0.2, -0.15) is 18.3 Å². The van der Waals surface area contributed by atoms with Gasteiger partial charge in [-0.05, 0) is 43.5 Å². The van der Waals surface area contributed by atoms with E-state index in [0.717, 1.165) is 48.8 Å². The van der Waals surface area contributed by atoms with Gasteiger partial charge in [-0.1, -0.05) is 18.2 Å². The molecule has 0 saturated heterocycles. The van der Waals surface area contributed by atoms with Crippen LogP contribution in [-0.2, 0) is 19.0 Å². The summed E-state index contributed by atoms with van der Waals surface area (Å²) in [5.74, 6) is 0.662. The summed E-state index contributed by atoms with van der Waals surface area (Å²) in [6, 6.07) is 11.2. The van der Waals surface area contributed by atoms with E-state index >= 15 is 0 Å². The lowest BCUT2D eigenvalue weighted by Gasteiger charge is -2.15. The second kappa shape index (κ2) is 7.06. The average Bonchev–Trinajstić information content (AvgIpc) is 2.83. The lowest BCUT2D eigenvalue weighted by atomic mass is 10.1. The molecule has 3 aromatic rings. The third-order valence-corrected chi connectivity index (χ3v) is 4.73. The van der Waals surface area contributed by atoms with E-state index in [1.54, 1.807) is 12.3 Å². The second-order valence-electron chi connectivity index (χ2n) is 6.58. The molecule has 0 fully saturated rings. The molecule has 1 N–H and O–H groups in total. The van der Waals surface area contributed by atoms with Gasteiger partial charge in [0.05, 0.1) is 16.9 Å². The maximum Gasteiger partial charge on any atom is 0.418 e. The quantitative estimate of drug-likeness (QED) is 0.729. The molecule has 0 bridgehead atoms. The van der Waals surface area contributed by atoms with Crippen molar-refractivity contribution in [3.8, 4) is 5.69 Å². The van der Waals surface area contributed by atoms with Crippen LogP contribution < -0.4 is 5.32 Å². The monoisotopic (exact) mass is 372 g/mol. The molecule has 0 radical (unpaired) electrons. The maximum absolute atomic E-state index is 13.5.